The highest BCUT2D eigenvalue weighted by Gasteiger charge is 2.00. The predicted molar refractivity (Wildman–Crippen MR) is 82.0 cm³/mol. The number of hydrogen-bond donors (Lipinski definition) is 1. The maximum absolute atomic E-state index is 5.92. The molecule has 0 spiro atoms. The molecule has 1 N–H and O–H groups in total. The highest BCUT2D eigenvalue weighted by atomic mass is 35.5. The van der Waals surface area contributed by atoms with Crippen molar-refractivity contribution in [2.24, 2.45) is 0 Å². The van der Waals surface area contributed by atoms with Crippen LogP contribution in [0, 0.1) is 0 Å². The first-order chi connectivity index (χ1) is 9.78. The summed E-state index contributed by atoms with van der Waals surface area (Å²) in [6.45, 7) is 4.39. The van der Waals surface area contributed by atoms with Gasteiger partial charge in [0.1, 0.15) is 12.4 Å². The van der Waals surface area contributed by atoms with E-state index in [0.717, 1.165) is 36.6 Å². The zero-order valence-electron chi connectivity index (χ0n) is 11.6. The number of aromatic nitrogens is 1. The van der Waals surface area contributed by atoms with Gasteiger partial charge >= 0.3 is 0 Å². The minimum Gasteiger partial charge on any atom is -0.487 e. The summed E-state index contributed by atoms with van der Waals surface area (Å²) >= 11 is 5.92. The molecule has 1 heterocycles. The standard InChI is InChI=1S/C16H19ClN2O/c1-2-9-18-11-14-6-4-7-15(19-14)12-20-16-8-3-5-13(17)10-16/h3-8,10,18H,2,9,11-12H2,1H3. The van der Waals surface area contributed by atoms with Gasteiger partial charge in [-0.25, -0.2) is 0 Å². The highest BCUT2D eigenvalue weighted by molar-refractivity contribution is 6.30. The van der Waals surface area contributed by atoms with Crippen molar-refractivity contribution in [2.45, 2.75) is 26.5 Å². The maximum Gasteiger partial charge on any atom is 0.130 e. The lowest BCUT2D eigenvalue weighted by Crippen LogP contribution is -2.15. The average Bonchev–Trinajstić information content (AvgIpc) is 2.46. The van der Waals surface area contributed by atoms with E-state index in [2.05, 4.69) is 17.2 Å². The summed E-state index contributed by atoms with van der Waals surface area (Å²) in [4.78, 5) is 4.56. The van der Waals surface area contributed by atoms with Crippen LogP contribution in [0.15, 0.2) is 42.5 Å². The Morgan fingerprint density at radius 2 is 1.95 bits per heavy atom. The van der Waals surface area contributed by atoms with Crippen molar-refractivity contribution in [3.63, 3.8) is 0 Å². The van der Waals surface area contributed by atoms with Crippen molar-refractivity contribution >= 4 is 11.6 Å². The third-order valence-corrected chi connectivity index (χ3v) is 3.02. The Kier molecular flexibility index (Phi) is 5.84. The van der Waals surface area contributed by atoms with E-state index < -0.39 is 0 Å². The Morgan fingerprint density at radius 1 is 1.15 bits per heavy atom. The van der Waals surface area contributed by atoms with E-state index in [-0.39, 0.29) is 0 Å². The molecular weight excluding hydrogens is 272 g/mol. The second-order valence-corrected chi connectivity index (χ2v) is 4.98. The molecule has 1 aromatic heterocycles. The SMILES string of the molecule is CCCNCc1cccc(COc2cccc(Cl)c2)n1. The predicted octanol–water partition coefficient (Wildman–Crippen LogP) is 3.81. The van der Waals surface area contributed by atoms with E-state index in [4.69, 9.17) is 16.3 Å². The van der Waals surface area contributed by atoms with E-state index in [1.807, 2.05) is 36.4 Å². The second kappa shape index (κ2) is 7.88. The first-order valence-corrected chi connectivity index (χ1v) is 7.19. The van der Waals surface area contributed by atoms with Gasteiger partial charge in [0.05, 0.1) is 11.4 Å². The molecule has 0 fully saturated rings. The molecule has 0 aliphatic carbocycles. The Hall–Kier alpha value is -1.58. The van der Waals surface area contributed by atoms with Crippen LogP contribution in [0.4, 0.5) is 0 Å². The number of rotatable bonds is 7. The average molecular weight is 291 g/mol. The number of benzene rings is 1. The van der Waals surface area contributed by atoms with Gasteiger partial charge in [-0.05, 0) is 43.3 Å². The molecule has 2 aromatic rings. The van der Waals surface area contributed by atoms with Crippen LogP contribution < -0.4 is 10.1 Å². The zero-order valence-corrected chi connectivity index (χ0v) is 12.4. The fraction of sp³-hybridized carbons (Fsp3) is 0.312. The third-order valence-electron chi connectivity index (χ3n) is 2.78. The number of ether oxygens (including phenoxy) is 1. The number of halogens is 1. The number of nitrogens with one attached hydrogen (secondary N) is 1. The topological polar surface area (TPSA) is 34.1 Å². The molecule has 0 atom stereocenters. The molecule has 0 bridgehead atoms. The minimum absolute atomic E-state index is 0.446. The van der Waals surface area contributed by atoms with E-state index in [9.17, 15) is 0 Å². The van der Waals surface area contributed by atoms with Crippen LogP contribution in [0.25, 0.3) is 0 Å². The maximum atomic E-state index is 5.92. The first kappa shape index (κ1) is 14.8. The van der Waals surface area contributed by atoms with E-state index >= 15 is 0 Å². The van der Waals surface area contributed by atoms with Crippen molar-refractivity contribution in [1.29, 1.82) is 0 Å². The lowest BCUT2D eigenvalue weighted by molar-refractivity contribution is 0.301. The Morgan fingerprint density at radius 3 is 2.75 bits per heavy atom. The van der Waals surface area contributed by atoms with E-state index in [1.54, 1.807) is 6.07 Å². The molecule has 106 valence electrons. The van der Waals surface area contributed by atoms with Crippen LogP contribution in [0.5, 0.6) is 5.75 Å². The summed E-state index contributed by atoms with van der Waals surface area (Å²) in [5, 5.41) is 4.01. The summed E-state index contributed by atoms with van der Waals surface area (Å²) in [6, 6.07) is 13.4. The summed E-state index contributed by atoms with van der Waals surface area (Å²) in [7, 11) is 0. The monoisotopic (exact) mass is 290 g/mol. The Balaban J connectivity index is 1.91. The molecule has 1 aromatic carbocycles. The summed E-state index contributed by atoms with van der Waals surface area (Å²) in [5.41, 5.74) is 1.95. The Bertz CT molecular complexity index is 546. The molecular formula is C16H19ClN2O. The minimum atomic E-state index is 0.446. The molecule has 0 unspecified atom stereocenters. The van der Waals surface area contributed by atoms with Gasteiger partial charge in [-0.3, -0.25) is 4.98 Å². The molecule has 20 heavy (non-hydrogen) atoms. The number of pyridine rings is 1. The van der Waals surface area contributed by atoms with Gasteiger partial charge < -0.3 is 10.1 Å². The first-order valence-electron chi connectivity index (χ1n) is 6.82. The van der Waals surface area contributed by atoms with Crippen LogP contribution in [0.2, 0.25) is 5.02 Å². The molecule has 0 aliphatic heterocycles. The summed E-state index contributed by atoms with van der Waals surface area (Å²) < 4.78 is 5.69. The zero-order chi connectivity index (χ0) is 14.2. The molecule has 0 saturated carbocycles. The molecule has 0 amide bonds. The number of hydrogen-bond acceptors (Lipinski definition) is 3. The largest absolute Gasteiger partial charge is 0.487 e. The van der Waals surface area contributed by atoms with Crippen molar-refractivity contribution in [1.82, 2.24) is 10.3 Å². The Labute approximate surface area is 124 Å². The molecule has 0 radical (unpaired) electrons. The smallest absolute Gasteiger partial charge is 0.130 e. The summed E-state index contributed by atoms with van der Waals surface area (Å²) in [6.07, 6.45) is 1.12. The second-order valence-electron chi connectivity index (χ2n) is 4.54. The fourth-order valence-electron chi connectivity index (χ4n) is 1.82. The quantitative estimate of drug-likeness (QED) is 0.787. The molecule has 0 aliphatic rings. The number of nitrogens with zero attached hydrogens (tertiary/aromatic N) is 1. The fourth-order valence-corrected chi connectivity index (χ4v) is 2.00. The van der Waals surface area contributed by atoms with Crippen LogP contribution in [-0.2, 0) is 13.2 Å². The van der Waals surface area contributed by atoms with Gasteiger partial charge in [0, 0.05) is 11.6 Å². The molecule has 0 saturated heterocycles. The van der Waals surface area contributed by atoms with Crippen molar-refractivity contribution < 1.29 is 4.74 Å². The molecule has 2 rings (SSSR count). The van der Waals surface area contributed by atoms with Gasteiger partial charge in [-0.1, -0.05) is 30.7 Å². The normalized spacial score (nSPS) is 10.5. The van der Waals surface area contributed by atoms with Gasteiger partial charge in [0.25, 0.3) is 0 Å². The van der Waals surface area contributed by atoms with Crippen LogP contribution in [0.1, 0.15) is 24.7 Å². The third kappa shape index (κ3) is 4.83. The van der Waals surface area contributed by atoms with Crippen LogP contribution in [0.3, 0.4) is 0 Å². The molecule has 3 nitrogen and oxygen atoms in total. The lowest BCUT2D eigenvalue weighted by Gasteiger charge is -2.08. The molecule has 4 heteroatoms. The van der Waals surface area contributed by atoms with E-state index in [1.165, 1.54) is 0 Å². The van der Waals surface area contributed by atoms with Crippen LogP contribution >= 0.6 is 11.6 Å². The highest BCUT2D eigenvalue weighted by Crippen LogP contribution is 2.18. The van der Waals surface area contributed by atoms with Crippen molar-refractivity contribution in [3.05, 3.63) is 58.9 Å². The van der Waals surface area contributed by atoms with Crippen LogP contribution in [-0.4, -0.2) is 11.5 Å². The van der Waals surface area contributed by atoms with E-state index in [0.29, 0.717) is 11.6 Å². The van der Waals surface area contributed by atoms with Crippen molar-refractivity contribution in [3.8, 4) is 5.75 Å². The lowest BCUT2D eigenvalue weighted by atomic mass is 10.3. The van der Waals surface area contributed by atoms with Gasteiger partial charge in [-0.2, -0.15) is 0 Å². The van der Waals surface area contributed by atoms with Crippen molar-refractivity contribution in [2.75, 3.05) is 6.54 Å². The van der Waals surface area contributed by atoms with Gasteiger partial charge in [0.2, 0.25) is 0 Å². The van der Waals surface area contributed by atoms with Gasteiger partial charge in [-0.15, -0.1) is 0 Å². The van der Waals surface area contributed by atoms with Gasteiger partial charge in [0.15, 0.2) is 0 Å². The summed E-state index contributed by atoms with van der Waals surface area (Å²) in [5.74, 6) is 0.758.